The van der Waals surface area contributed by atoms with Crippen LogP contribution in [-0.2, 0) is 0 Å². The molecule has 0 amide bonds. The van der Waals surface area contributed by atoms with E-state index < -0.39 is 0 Å². The summed E-state index contributed by atoms with van der Waals surface area (Å²) in [7, 11) is 0. The van der Waals surface area contributed by atoms with Crippen molar-refractivity contribution in [2.45, 2.75) is 25.8 Å². The number of aromatic amines is 1. The molecule has 30 heavy (non-hydrogen) atoms. The van der Waals surface area contributed by atoms with Gasteiger partial charge in [-0.05, 0) is 50.1 Å². The summed E-state index contributed by atoms with van der Waals surface area (Å²) in [6.45, 7) is 6.11. The van der Waals surface area contributed by atoms with Crippen molar-refractivity contribution < 1.29 is 0 Å². The van der Waals surface area contributed by atoms with Gasteiger partial charge in [0.15, 0.2) is 11.5 Å². The summed E-state index contributed by atoms with van der Waals surface area (Å²) in [6.07, 6.45) is 4.55. The lowest BCUT2D eigenvalue weighted by Gasteiger charge is -2.36. The maximum Gasteiger partial charge on any atom is 0.259 e. The smallest absolute Gasteiger partial charge is 0.259 e. The van der Waals surface area contributed by atoms with E-state index in [9.17, 15) is 4.79 Å². The Bertz CT molecular complexity index is 1310. The quantitative estimate of drug-likeness (QED) is 0.567. The van der Waals surface area contributed by atoms with Gasteiger partial charge in [0.25, 0.3) is 5.56 Å². The number of fused-ring (bicyclic) bond motifs is 2. The van der Waals surface area contributed by atoms with E-state index in [0.717, 1.165) is 49.2 Å². The molecule has 6 rings (SSSR count). The van der Waals surface area contributed by atoms with Gasteiger partial charge in [0.1, 0.15) is 5.69 Å². The molecule has 1 saturated heterocycles. The minimum Gasteiger partial charge on any atom is -0.369 e. The normalized spacial score (nSPS) is 17.8. The summed E-state index contributed by atoms with van der Waals surface area (Å²) in [5.74, 6) is 0.464. The van der Waals surface area contributed by atoms with Crippen molar-refractivity contribution in [1.29, 1.82) is 0 Å². The van der Waals surface area contributed by atoms with Crippen LogP contribution in [0.25, 0.3) is 28.1 Å². The first-order valence-electron chi connectivity index (χ1n) is 10.5. The van der Waals surface area contributed by atoms with E-state index in [2.05, 4.69) is 35.9 Å². The predicted octanol–water partition coefficient (Wildman–Crippen LogP) is 2.23. The van der Waals surface area contributed by atoms with E-state index in [1.807, 2.05) is 37.4 Å². The Balaban J connectivity index is 1.32. The molecule has 8 heteroatoms. The van der Waals surface area contributed by atoms with Crippen LogP contribution < -0.4 is 10.5 Å². The third-order valence-electron chi connectivity index (χ3n) is 6.11. The fourth-order valence-corrected chi connectivity index (χ4v) is 4.36. The van der Waals surface area contributed by atoms with Gasteiger partial charge in [0.05, 0.1) is 22.8 Å². The van der Waals surface area contributed by atoms with Crippen molar-refractivity contribution in [3.8, 4) is 11.5 Å². The molecule has 4 heterocycles. The average molecular weight is 401 g/mol. The molecule has 4 aromatic rings. The summed E-state index contributed by atoms with van der Waals surface area (Å²) in [6, 6.07) is 10.5. The van der Waals surface area contributed by atoms with E-state index in [1.54, 1.807) is 4.52 Å². The molecule has 3 aromatic heterocycles. The minimum atomic E-state index is -0.142. The topological polar surface area (TPSA) is 82.4 Å². The fraction of sp³-hybridized carbons (Fsp3) is 0.364. The molecule has 0 unspecified atom stereocenters. The molecule has 2 fully saturated rings. The van der Waals surface area contributed by atoms with E-state index in [4.69, 9.17) is 0 Å². The average Bonchev–Trinajstić information content (AvgIpc) is 3.54. The number of aryl methyl sites for hydroxylation is 1. The third kappa shape index (κ3) is 3.04. The highest BCUT2D eigenvalue weighted by Crippen LogP contribution is 2.29. The number of imidazole rings is 1. The molecular weight excluding hydrogens is 378 g/mol. The largest absolute Gasteiger partial charge is 0.369 e. The Kier molecular flexibility index (Phi) is 3.89. The summed E-state index contributed by atoms with van der Waals surface area (Å²) >= 11 is 0. The standard InChI is InChI=1S/C22H23N7O/c1-14-13-29-20(23-14)7-6-19(26-29)21-24-18-5-4-16(12-17(18)22(30)25-21)28-10-8-27(9-11-28)15-2-3-15/h4-7,12-13,15H,2-3,8-11H2,1H3,(H,24,25,30). The number of hydrogen-bond donors (Lipinski definition) is 1. The fourth-order valence-electron chi connectivity index (χ4n) is 4.36. The van der Waals surface area contributed by atoms with Gasteiger partial charge in [-0.15, -0.1) is 0 Å². The van der Waals surface area contributed by atoms with Crippen LogP contribution in [0.2, 0.25) is 0 Å². The van der Waals surface area contributed by atoms with Gasteiger partial charge < -0.3 is 9.88 Å². The van der Waals surface area contributed by atoms with Crippen molar-refractivity contribution >= 4 is 22.2 Å². The first kappa shape index (κ1) is 17.6. The van der Waals surface area contributed by atoms with Gasteiger partial charge >= 0.3 is 0 Å². The van der Waals surface area contributed by atoms with Crippen LogP contribution >= 0.6 is 0 Å². The van der Waals surface area contributed by atoms with Crippen molar-refractivity contribution in [3.05, 3.63) is 52.6 Å². The van der Waals surface area contributed by atoms with Gasteiger partial charge in [-0.1, -0.05) is 0 Å². The molecule has 2 aliphatic rings. The number of nitrogens with one attached hydrogen (secondary N) is 1. The summed E-state index contributed by atoms with van der Waals surface area (Å²) in [5, 5.41) is 5.15. The minimum absolute atomic E-state index is 0.142. The third-order valence-corrected chi connectivity index (χ3v) is 6.11. The van der Waals surface area contributed by atoms with Gasteiger partial charge in [-0.2, -0.15) is 5.10 Å². The second kappa shape index (κ2) is 6.63. The molecular formula is C22H23N7O. The van der Waals surface area contributed by atoms with E-state index >= 15 is 0 Å². The first-order valence-corrected chi connectivity index (χ1v) is 10.5. The van der Waals surface area contributed by atoms with Gasteiger partial charge in [-0.3, -0.25) is 9.69 Å². The number of hydrogen-bond acceptors (Lipinski definition) is 6. The van der Waals surface area contributed by atoms with E-state index in [0.29, 0.717) is 22.4 Å². The zero-order valence-electron chi connectivity index (χ0n) is 16.9. The first-order chi connectivity index (χ1) is 14.6. The molecule has 1 aliphatic carbocycles. The van der Waals surface area contributed by atoms with Crippen LogP contribution in [0.3, 0.4) is 0 Å². The SMILES string of the molecule is Cc1cn2nc(-c3nc4ccc(N5CCN(C6CC6)CC5)cc4c(=O)[nH]3)ccc2n1. The Labute approximate surface area is 173 Å². The monoisotopic (exact) mass is 401 g/mol. The van der Waals surface area contributed by atoms with Gasteiger partial charge in [0.2, 0.25) is 0 Å². The van der Waals surface area contributed by atoms with E-state index in [-0.39, 0.29) is 5.56 Å². The molecule has 0 atom stereocenters. The predicted molar refractivity (Wildman–Crippen MR) is 116 cm³/mol. The Morgan fingerprint density at radius 2 is 1.87 bits per heavy atom. The molecule has 1 saturated carbocycles. The molecule has 8 nitrogen and oxygen atoms in total. The lowest BCUT2D eigenvalue weighted by atomic mass is 10.2. The molecule has 0 radical (unpaired) electrons. The van der Waals surface area contributed by atoms with Gasteiger partial charge in [-0.25, -0.2) is 14.5 Å². The number of benzene rings is 1. The molecule has 1 aromatic carbocycles. The Morgan fingerprint density at radius 1 is 1.03 bits per heavy atom. The van der Waals surface area contributed by atoms with Gasteiger partial charge in [0, 0.05) is 37.9 Å². The maximum absolute atomic E-state index is 12.9. The highest BCUT2D eigenvalue weighted by molar-refractivity contribution is 5.83. The van der Waals surface area contributed by atoms with Crippen molar-refractivity contribution in [2.75, 3.05) is 31.1 Å². The Hall–Kier alpha value is -3.26. The number of H-pyrrole nitrogens is 1. The molecule has 0 bridgehead atoms. The zero-order valence-corrected chi connectivity index (χ0v) is 16.9. The molecule has 1 aliphatic heterocycles. The highest BCUT2D eigenvalue weighted by Gasteiger charge is 2.31. The maximum atomic E-state index is 12.9. The van der Waals surface area contributed by atoms with E-state index in [1.165, 1.54) is 12.8 Å². The summed E-state index contributed by atoms with van der Waals surface area (Å²) in [4.78, 5) is 29.8. The zero-order chi connectivity index (χ0) is 20.2. The highest BCUT2D eigenvalue weighted by atomic mass is 16.1. The summed E-state index contributed by atoms with van der Waals surface area (Å²) < 4.78 is 1.71. The number of piperazine rings is 1. The Morgan fingerprint density at radius 3 is 2.67 bits per heavy atom. The van der Waals surface area contributed by atoms with Crippen LogP contribution in [0.1, 0.15) is 18.5 Å². The number of rotatable bonds is 3. The van der Waals surface area contributed by atoms with Crippen LogP contribution in [0.15, 0.2) is 41.3 Å². The number of aromatic nitrogens is 5. The van der Waals surface area contributed by atoms with Crippen molar-refractivity contribution in [3.63, 3.8) is 0 Å². The number of anilines is 1. The van der Waals surface area contributed by atoms with Crippen LogP contribution in [-0.4, -0.2) is 61.7 Å². The van der Waals surface area contributed by atoms with Crippen LogP contribution in [0.4, 0.5) is 5.69 Å². The molecule has 0 spiro atoms. The molecule has 1 N–H and O–H groups in total. The van der Waals surface area contributed by atoms with Crippen molar-refractivity contribution in [2.24, 2.45) is 0 Å². The van der Waals surface area contributed by atoms with Crippen LogP contribution in [0, 0.1) is 6.92 Å². The second-order valence-electron chi connectivity index (χ2n) is 8.27. The second-order valence-corrected chi connectivity index (χ2v) is 8.27. The summed E-state index contributed by atoms with van der Waals surface area (Å²) in [5.41, 5.74) is 3.90. The number of nitrogens with zero attached hydrogens (tertiary/aromatic N) is 6. The van der Waals surface area contributed by atoms with Crippen molar-refractivity contribution in [1.82, 2.24) is 29.5 Å². The lowest BCUT2D eigenvalue weighted by Crippen LogP contribution is -2.47. The lowest BCUT2D eigenvalue weighted by molar-refractivity contribution is 0.248. The van der Waals surface area contributed by atoms with Crippen LogP contribution in [0.5, 0.6) is 0 Å². The molecule has 152 valence electrons.